The van der Waals surface area contributed by atoms with Crippen LogP contribution in [0.3, 0.4) is 0 Å². The van der Waals surface area contributed by atoms with Crippen molar-refractivity contribution in [2.75, 3.05) is 7.11 Å². The van der Waals surface area contributed by atoms with E-state index in [9.17, 15) is 18.0 Å². The number of methoxy groups -OCH3 is 1. The zero-order chi connectivity index (χ0) is 25.9. The number of nitrogens with two attached hydrogens (primary N) is 1. The van der Waals surface area contributed by atoms with Gasteiger partial charge in [0, 0.05) is 24.5 Å². The van der Waals surface area contributed by atoms with Gasteiger partial charge in [0.15, 0.2) is 0 Å². The third-order valence-corrected chi connectivity index (χ3v) is 6.56. The average molecular weight is 514 g/mol. The maximum absolute atomic E-state index is 13.2. The molecule has 0 aliphatic rings. The van der Waals surface area contributed by atoms with Crippen molar-refractivity contribution in [2.45, 2.75) is 25.7 Å². The number of carbonyl (C=O) groups is 1. The van der Waals surface area contributed by atoms with Crippen LogP contribution in [0.5, 0.6) is 6.01 Å². The van der Waals surface area contributed by atoms with Gasteiger partial charge in [-0.25, -0.2) is 15.0 Å². The van der Waals surface area contributed by atoms with Crippen LogP contribution < -0.4 is 15.8 Å². The van der Waals surface area contributed by atoms with Crippen molar-refractivity contribution in [1.82, 2.24) is 20.3 Å². The molecule has 0 saturated carbocycles. The Bertz CT molecular complexity index is 1360. The van der Waals surface area contributed by atoms with Crippen molar-refractivity contribution >= 4 is 17.2 Å². The zero-order valence-corrected chi connectivity index (χ0v) is 20.2. The summed E-state index contributed by atoms with van der Waals surface area (Å²) in [6, 6.07) is 10.4. The van der Waals surface area contributed by atoms with Gasteiger partial charge in [0.25, 0.3) is 5.91 Å². The Morgan fingerprint density at radius 1 is 1.06 bits per heavy atom. The molecule has 0 saturated heterocycles. The van der Waals surface area contributed by atoms with E-state index in [2.05, 4.69) is 20.3 Å². The van der Waals surface area contributed by atoms with Gasteiger partial charge in [-0.2, -0.15) is 13.2 Å². The molecule has 4 aromatic rings. The number of nitrogens with one attached hydrogen (secondary N) is 1. The SMILES string of the molecule is COc1ncc(-c2ncc(C(=O)N[C@H](C)c3ccc(-c4cc(C(F)(F)F)ccc4CN)cc3)s2)cn1. The second kappa shape index (κ2) is 10.4. The Balaban J connectivity index is 1.47. The molecule has 1 amide bonds. The van der Waals surface area contributed by atoms with Crippen molar-refractivity contribution in [3.8, 4) is 27.7 Å². The van der Waals surface area contributed by atoms with E-state index >= 15 is 0 Å². The maximum atomic E-state index is 13.2. The molecule has 2 aromatic carbocycles. The van der Waals surface area contributed by atoms with Gasteiger partial charge in [0.2, 0.25) is 0 Å². The van der Waals surface area contributed by atoms with Gasteiger partial charge in [-0.1, -0.05) is 30.3 Å². The Labute approximate surface area is 209 Å². The van der Waals surface area contributed by atoms with Crippen molar-refractivity contribution in [3.63, 3.8) is 0 Å². The van der Waals surface area contributed by atoms with E-state index in [1.807, 2.05) is 6.92 Å². The lowest BCUT2D eigenvalue weighted by Gasteiger charge is -2.16. The number of hydrogen-bond donors (Lipinski definition) is 2. The van der Waals surface area contributed by atoms with E-state index in [1.165, 1.54) is 30.7 Å². The number of halogens is 3. The summed E-state index contributed by atoms with van der Waals surface area (Å²) in [5.41, 5.74) is 8.11. The molecule has 0 fully saturated rings. The van der Waals surface area contributed by atoms with Crippen LogP contribution in [0.25, 0.3) is 21.7 Å². The Kier molecular flexibility index (Phi) is 7.32. The molecule has 2 aromatic heterocycles. The molecule has 4 rings (SSSR count). The number of aromatic nitrogens is 3. The second-order valence-corrected chi connectivity index (χ2v) is 8.91. The van der Waals surface area contributed by atoms with Gasteiger partial charge in [-0.05, 0) is 41.3 Å². The van der Waals surface area contributed by atoms with Gasteiger partial charge in [0.05, 0.1) is 24.9 Å². The molecule has 3 N–H and O–H groups in total. The predicted octanol–water partition coefficient (Wildman–Crippen LogP) is 5.24. The quantitative estimate of drug-likeness (QED) is 0.350. The third-order valence-electron chi connectivity index (χ3n) is 5.51. The van der Waals surface area contributed by atoms with Gasteiger partial charge in [0.1, 0.15) is 9.88 Å². The highest BCUT2D eigenvalue weighted by Gasteiger charge is 2.31. The number of benzene rings is 2. The first-order valence-electron chi connectivity index (χ1n) is 10.8. The maximum Gasteiger partial charge on any atom is 0.416 e. The van der Waals surface area contributed by atoms with Crippen LogP contribution in [0.2, 0.25) is 0 Å². The molecule has 0 aliphatic heterocycles. The first kappa shape index (κ1) is 25.3. The van der Waals surface area contributed by atoms with Crippen LogP contribution >= 0.6 is 11.3 Å². The molecular formula is C25H22F3N5O2S. The number of alkyl halides is 3. The molecule has 0 radical (unpaired) electrons. The summed E-state index contributed by atoms with van der Waals surface area (Å²) in [5.74, 6) is -0.298. The van der Waals surface area contributed by atoms with E-state index in [0.29, 0.717) is 32.1 Å². The molecule has 11 heteroatoms. The Morgan fingerprint density at radius 2 is 1.75 bits per heavy atom. The van der Waals surface area contributed by atoms with Crippen LogP contribution in [0.15, 0.2) is 61.1 Å². The summed E-state index contributed by atoms with van der Waals surface area (Å²) in [6.45, 7) is 1.93. The summed E-state index contributed by atoms with van der Waals surface area (Å²) < 4.78 is 44.5. The van der Waals surface area contributed by atoms with Gasteiger partial charge in [-0.15, -0.1) is 11.3 Å². The van der Waals surface area contributed by atoms with Crippen molar-refractivity contribution in [3.05, 3.63) is 82.6 Å². The zero-order valence-electron chi connectivity index (χ0n) is 19.3. The van der Waals surface area contributed by atoms with Crippen LogP contribution in [0.4, 0.5) is 13.2 Å². The molecule has 36 heavy (non-hydrogen) atoms. The van der Waals surface area contributed by atoms with Crippen LogP contribution in [0, 0.1) is 0 Å². The van der Waals surface area contributed by atoms with Gasteiger partial charge >= 0.3 is 12.2 Å². The monoisotopic (exact) mass is 513 g/mol. The van der Waals surface area contributed by atoms with Crippen molar-refractivity contribution in [1.29, 1.82) is 0 Å². The highest BCUT2D eigenvalue weighted by molar-refractivity contribution is 7.16. The summed E-state index contributed by atoms with van der Waals surface area (Å²) in [7, 11) is 1.47. The lowest BCUT2D eigenvalue weighted by molar-refractivity contribution is -0.137. The normalized spacial score (nSPS) is 12.3. The minimum Gasteiger partial charge on any atom is -0.467 e. The molecule has 0 aliphatic carbocycles. The number of carbonyl (C=O) groups excluding carboxylic acids is 1. The average Bonchev–Trinajstić information content (AvgIpc) is 3.38. The van der Waals surface area contributed by atoms with E-state index in [4.69, 9.17) is 10.5 Å². The topological polar surface area (TPSA) is 103 Å². The highest BCUT2D eigenvalue weighted by atomic mass is 32.1. The molecule has 0 unspecified atom stereocenters. The summed E-state index contributed by atoms with van der Waals surface area (Å²) in [4.78, 5) is 25.5. The molecule has 2 heterocycles. The first-order chi connectivity index (χ1) is 17.2. The van der Waals surface area contributed by atoms with E-state index in [0.717, 1.165) is 17.7 Å². The van der Waals surface area contributed by atoms with E-state index < -0.39 is 11.7 Å². The van der Waals surface area contributed by atoms with Crippen LogP contribution in [0.1, 0.15) is 39.3 Å². The minimum absolute atomic E-state index is 0.112. The number of rotatable bonds is 7. The lowest BCUT2D eigenvalue weighted by Crippen LogP contribution is -2.25. The van der Waals surface area contributed by atoms with E-state index in [1.54, 1.807) is 36.7 Å². The molecule has 0 spiro atoms. The standard InChI is InChI=1S/C25H22F3N5O2S/c1-14(33-22(34)21-13-30-23(36-21)18-11-31-24(35-2)32-12-18)15-3-5-16(6-4-15)20-9-19(25(26,27)28)8-7-17(20)10-29/h3-9,11-14H,10,29H2,1-2H3,(H,33,34)/t14-/m1/s1. The van der Waals surface area contributed by atoms with Crippen molar-refractivity contribution in [2.24, 2.45) is 5.73 Å². The summed E-state index contributed by atoms with van der Waals surface area (Å²) >= 11 is 1.20. The van der Waals surface area contributed by atoms with Crippen molar-refractivity contribution < 1.29 is 22.7 Å². The minimum atomic E-state index is -4.45. The largest absolute Gasteiger partial charge is 0.467 e. The smallest absolute Gasteiger partial charge is 0.416 e. The number of ether oxygens (including phenoxy) is 1. The fourth-order valence-corrected chi connectivity index (χ4v) is 4.34. The van der Waals surface area contributed by atoms with Gasteiger partial charge in [-0.3, -0.25) is 4.79 Å². The fraction of sp³-hybridized carbons (Fsp3) is 0.200. The number of thiazole rings is 1. The van der Waals surface area contributed by atoms with Crippen LogP contribution in [-0.4, -0.2) is 28.0 Å². The Hall–Kier alpha value is -3.83. The molecule has 186 valence electrons. The second-order valence-electron chi connectivity index (χ2n) is 7.88. The molecule has 1 atom stereocenters. The third kappa shape index (κ3) is 5.52. The first-order valence-corrected chi connectivity index (χ1v) is 11.6. The Morgan fingerprint density at radius 3 is 2.36 bits per heavy atom. The van der Waals surface area contributed by atoms with E-state index in [-0.39, 0.29) is 24.5 Å². The number of nitrogens with zero attached hydrogens (tertiary/aromatic N) is 3. The predicted molar refractivity (Wildman–Crippen MR) is 130 cm³/mol. The lowest BCUT2D eigenvalue weighted by atomic mass is 9.95. The molecular weight excluding hydrogens is 491 g/mol. The number of hydrogen-bond acceptors (Lipinski definition) is 7. The number of amides is 1. The summed E-state index contributed by atoms with van der Waals surface area (Å²) in [6.07, 6.45) is 0.170. The molecule has 0 bridgehead atoms. The van der Waals surface area contributed by atoms with Crippen LogP contribution in [-0.2, 0) is 12.7 Å². The fourth-order valence-electron chi connectivity index (χ4n) is 3.55. The highest BCUT2D eigenvalue weighted by Crippen LogP contribution is 2.34. The van der Waals surface area contributed by atoms with Gasteiger partial charge < -0.3 is 15.8 Å². The molecule has 7 nitrogen and oxygen atoms in total. The summed E-state index contributed by atoms with van der Waals surface area (Å²) in [5, 5.41) is 3.51.